The van der Waals surface area contributed by atoms with Crippen molar-refractivity contribution in [3.63, 3.8) is 0 Å². The van der Waals surface area contributed by atoms with Crippen molar-refractivity contribution in [1.82, 2.24) is 4.98 Å². The predicted octanol–water partition coefficient (Wildman–Crippen LogP) is 3.80. The summed E-state index contributed by atoms with van der Waals surface area (Å²) >= 11 is 5.76. The molecule has 2 aromatic rings. The summed E-state index contributed by atoms with van der Waals surface area (Å²) in [6, 6.07) is 9.84. The first-order valence-electron chi connectivity index (χ1n) is 6.07. The van der Waals surface area contributed by atoms with Gasteiger partial charge in [0.05, 0.1) is 12.8 Å². The number of benzene rings is 1. The summed E-state index contributed by atoms with van der Waals surface area (Å²) in [6.07, 6.45) is 4.31. The number of hydrogen-bond acceptors (Lipinski definition) is 3. The normalized spacial score (nSPS) is 10.4. The molecular weight excluding hydrogens is 262 g/mol. The second-order valence-electron chi connectivity index (χ2n) is 4.15. The van der Waals surface area contributed by atoms with E-state index < -0.39 is 0 Å². The van der Waals surface area contributed by atoms with Crippen LogP contribution in [0.2, 0.25) is 0 Å². The van der Waals surface area contributed by atoms with Crippen molar-refractivity contribution in [2.24, 2.45) is 0 Å². The molecule has 3 nitrogen and oxygen atoms in total. The summed E-state index contributed by atoms with van der Waals surface area (Å²) < 4.78 is 10.8. The lowest BCUT2D eigenvalue weighted by Gasteiger charge is -2.07. The van der Waals surface area contributed by atoms with Crippen LogP contribution in [0.5, 0.6) is 11.5 Å². The topological polar surface area (TPSA) is 31.4 Å². The van der Waals surface area contributed by atoms with Crippen molar-refractivity contribution in [3.8, 4) is 11.5 Å². The van der Waals surface area contributed by atoms with Crippen molar-refractivity contribution in [3.05, 3.63) is 53.9 Å². The Morgan fingerprint density at radius 2 is 1.84 bits per heavy atom. The molecule has 0 spiro atoms. The minimum atomic E-state index is 0.431. The summed E-state index contributed by atoms with van der Waals surface area (Å²) in [5, 5.41) is 0. The summed E-state index contributed by atoms with van der Waals surface area (Å²) in [4.78, 5) is 4.08. The van der Waals surface area contributed by atoms with E-state index in [9.17, 15) is 0 Å². The number of pyridine rings is 1. The number of methoxy groups -OCH3 is 1. The van der Waals surface area contributed by atoms with Crippen LogP contribution in [0.4, 0.5) is 0 Å². The molecule has 0 bridgehead atoms. The van der Waals surface area contributed by atoms with E-state index in [0.29, 0.717) is 11.6 Å². The van der Waals surface area contributed by atoms with Crippen molar-refractivity contribution in [1.29, 1.82) is 0 Å². The lowest BCUT2D eigenvalue weighted by molar-refractivity contribution is 0.202. The molecule has 0 radical (unpaired) electrons. The molecule has 4 heteroatoms. The summed E-state index contributed by atoms with van der Waals surface area (Å²) in [7, 11) is 1.70. The Balaban J connectivity index is 2.02. The van der Waals surface area contributed by atoms with E-state index in [1.807, 2.05) is 30.3 Å². The molecule has 0 aliphatic heterocycles. The molecule has 1 aromatic heterocycles. The summed E-state index contributed by atoms with van der Waals surface area (Å²) in [6.45, 7) is 0.724. The van der Waals surface area contributed by atoms with Crippen molar-refractivity contribution < 1.29 is 9.47 Å². The van der Waals surface area contributed by atoms with Gasteiger partial charge in [0.1, 0.15) is 11.5 Å². The summed E-state index contributed by atoms with van der Waals surface area (Å²) in [5.41, 5.74) is 2.16. The van der Waals surface area contributed by atoms with Crippen molar-refractivity contribution >= 4 is 11.6 Å². The van der Waals surface area contributed by atoms with Crippen molar-refractivity contribution in [2.45, 2.75) is 12.3 Å². The van der Waals surface area contributed by atoms with Gasteiger partial charge in [-0.2, -0.15) is 0 Å². The Hall–Kier alpha value is -1.58. The van der Waals surface area contributed by atoms with Gasteiger partial charge in [-0.15, -0.1) is 11.6 Å². The Morgan fingerprint density at radius 3 is 2.53 bits per heavy atom. The monoisotopic (exact) mass is 277 g/mol. The molecule has 0 amide bonds. The van der Waals surface area contributed by atoms with E-state index in [1.54, 1.807) is 19.5 Å². The van der Waals surface area contributed by atoms with E-state index in [0.717, 1.165) is 24.3 Å². The fraction of sp³-hybridized carbons (Fsp3) is 0.267. The number of alkyl halides is 1. The molecule has 0 atom stereocenters. The molecule has 1 heterocycles. The smallest absolute Gasteiger partial charge is 0.146 e. The van der Waals surface area contributed by atoms with Gasteiger partial charge in [0.15, 0.2) is 0 Å². The van der Waals surface area contributed by atoms with Gasteiger partial charge in [0.2, 0.25) is 0 Å². The number of nitrogens with zero attached hydrogens (tertiary/aromatic N) is 1. The quantitative estimate of drug-likeness (QED) is 0.753. The average molecular weight is 278 g/mol. The Labute approximate surface area is 118 Å². The van der Waals surface area contributed by atoms with Gasteiger partial charge in [-0.1, -0.05) is 12.1 Å². The van der Waals surface area contributed by atoms with Crippen LogP contribution in [0.25, 0.3) is 0 Å². The zero-order valence-electron chi connectivity index (χ0n) is 10.8. The van der Waals surface area contributed by atoms with Gasteiger partial charge in [-0.25, -0.2) is 0 Å². The Kier molecular flexibility index (Phi) is 5.19. The van der Waals surface area contributed by atoms with E-state index in [1.165, 1.54) is 5.56 Å². The van der Waals surface area contributed by atoms with E-state index in [-0.39, 0.29) is 0 Å². The zero-order chi connectivity index (χ0) is 13.5. The molecule has 0 saturated heterocycles. The maximum atomic E-state index is 5.76. The molecule has 2 rings (SSSR count). The third-order valence-corrected chi connectivity index (χ3v) is 2.99. The number of ether oxygens (including phenoxy) is 2. The van der Waals surface area contributed by atoms with Gasteiger partial charge in [0.25, 0.3) is 0 Å². The number of rotatable bonds is 6. The van der Waals surface area contributed by atoms with Gasteiger partial charge >= 0.3 is 0 Å². The van der Waals surface area contributed by atoms with Crippen molar-refractivity contribution in [2.75, 3.05) is 13.7 Å². The molecule has 0 fully saturated rings. The third-order valence-electron chi connectivity index (χ3n) is 2.68. The predicted molar refractivity (Wildman–Crippen MR) is 75.9 cm³/mol. The van der Waals surface area contributed by atoms with Crippen LogP contribution in [-0.2, 0) is 17.0 Å². The first-order chi connectivity index (χ1) is 9.31. The fourth-order valence-corrected chi connectivity index (χ4v) is 1.82. The minimum absolute atomic E-state index is 0.431. The highest BCUT2D eigenvalue weighted by atomic mass is 35.5. The SMILES string of the molecule is COCCc1ccc(Oc2cncc(CCl)c2)cc1. The fourth-order valence-electron chi connectivity index (χ4n) is 1.67. The molecule has 100 valence electrons. The number of hydrogen-bond donors (Lipinski definition) is 0. The van der Waals surface area contributed by atoms with Crippen LogP contribution < -0.4 is 4.74 Å². The van der Waals surface area contributed by atoms with Crippen LogP contribution in [0.3, 0.4) is 0 Å². The van der Waals surface area contributed by atoms with E-state index >= 15 is 0 Å². The maximum Gasteiger partial charge on any atom is 0.146 e. The standard InChI is InChI=1S/C15H16ClNO2/c1-18-7-6-12-2-4-14(5-3-12)19-15-8-13(9-16)10-17-11-15/h2-5,8,10-11H,6-7,9H2,1H3. The highest BCUT2D eigenvalue weighted by Gasteiger charge is 2.00. The first kappa shape index (κ1) is 13.8. The Bertz CT molecular complexity index is 514. The van der Waals surface area contributed by atoms with Crippen LogP contribution in [0.15, 0.2) is 42.7 Å². The number of halogens is 1. The maximum absolute atomic E-state index is 5.76. The molecule has 1 aromatic carbocycles. The van der Waals surface area contributed by atoms with Crippen LogP contribution in [0.1, 0.15) is 11.1 Å². The molecule has 0 N–H and O–H groups in total. The third kappa shape index (κ3) is 4.23. The first-order valence-corrected chi connectivity index (χ1v) is 6.61. The minimum Gasteiger partial charge on any atom is -0.456 e. The highest BCUT2D eigenvalue weighted by Crippen LogP contribution is 2.22. The molecule has 0 aliphatic rings. The zero-order valence-corrected chi connectivity index (χ0v) is 11.6. The van der Waals surface area contributed by atoms with E-state index in [2.05, 4.69) is 4.98 Å². The molecular formula is C15H16ClNO2. The largest absolute Gasteiger partial charge is 0.456 e. The van der Waals surface area contributed by atoms with Gasteiger partial charge in [-0.05, 0) is 35.7 Å². The van der Waals surface area contributed by atoms with Gasteiger partial charge in [-0.3, -0.25) is 4.98 Å². The summed E-state index contributed by atoms with van der Waals surface area (Å²) in [5.74, 6) is 1.91. The van der Waals surface area contributed by atoms with Gasteiger partial charge in [0, 0.05) is 19.2 Å². The lowest BCUT2D eigenvalue weighted by atomic mass is 10.1. The molecule has 0 aliphatic carbocycles. The van der Waals surface area contributed by atoms with Gasteiger partial charge < -0.3 is 9.47 Å². The molecule has 19 heavy (non-hydrogen) atoms. The highest BCUT2D eigenvalue weighted by molar-refractivity contribution is 6.17. The average Bonchev–Trinajstić information content (AvgIpc) is 2.47. The molecule has 0 saturated carbocycles. The lowest BCUT2D eigenvalue weighted by Crippen LogP contribution is -1.94. The molecule has 0 unspecified atom stereocenters. The Morgan fingerprint density at radius 1 is 1.05 bits per heavy atom. The van der Waals surface area contributed by atoms with Crippen LogP contribution in [0, 0.1) is 0 Å². The second kappa shape index (κ2) is 7.12. The second-order valence-corrected chi connectivity index (χ2v) is 4.42. The van der Waals surface area contributed by atoms with Crippen LogP contribution >= 0.6 is 11.6 Å². The van der Waals surface area contributed by atoms with E-state index in [4.69, 9.17) is 21.1 Å². The van der Waals surface area contributed by atoms with Crippen LogP contribution in [-0.4, -0.2) is 18.7 Å². The number of aromatic nitrogens is 1.